The molecule has 0 saturated carbocycles. The molecule has 0 bridgehead atoms. The molecule has 0 fully saturated rings. The zero-order valence-corrected chi connectivity index (χ0v) is 11.7. The summed E-state index contributed by atoms with van der Waals surface area (Å²) >= 11 is 0. The minimum atomic E-state index is 0.623. The van der Waals surface area contributed by atoms with Crippen molar-refractivity contribution >= 4 is 5.82 Å². The lowest BCUT2D eigenvalue weighted by molar-refractivity contribution is 0.416. The van der Waals surface area contributed by atoms with Gasteiger partial charge in [0.05, 0.1) is 12.7 Å². The summed E-state index contributed by atoms with van der Waals surface area (Å²) in [7, 11) is 1.66. The van der Waals surface area contributed by atoms with E-state index >= 15 is 0 Å². The second kappa shape index (κ2) is 5.49. The molecule has 0 saturated heterocycles. The third-order valence-electron chi connectivity index (χ3n) is 3.81. The number of fused-ring (bicyclic) bond motifs is 1. The Hall–Kier alpha value is -2.10. The molecule has 2 aromatic rings. The number of rotatable bonds is 2. The molecule has 4 heteroatoms. The Bertz CT molecular complexity index is 625. The van der Waals surface area contributed by atoms with E-state index in [0.717, 1.165) is 35.4 Å². The van der Waals surface area contributed by atoms with Crippen LogP contribution in [0.15, 0.2) is 24.3 Å². The van der Waals surface area contributed by atoms with Crippen molar-refractivity contribution in [2.75, 3.05) is 12.8 Å². The van der Waals surface area contributed by atoms with Gasteiger partial charge in [0.2, 0.25) is 0 Å². The molecule has 1 aromatic heterocycles. The summed E-state index contributed by atoms with van der Waals surface area (Å²) in [6.07, 6.45) is 5.57. The van der Waals surface area contributed by atoms with Crippen LogP contribution in [0.25, 0.3) is 11.4 Å². The van der Waals surface area contributed by atoms with E-state index in [1.165, 1.54) is 19.3 Å². The molecular weight excluding hydrogens is 250 g/mol. The van der Waals surface area contributed by atoms with Crippen LogP contribution in [0.3, 0.4) is 0 Å². The maximum Gasteiger partial charge on any atom is 0.165 e. The molecule has 0 unspecified atom stereocenters. The first kappa shape index (κ1) is 12.9. The van der Waals surface area contributed by atoms with Crippen molar-refractivity contribution in [1.29, 1.82) is 0 Å². The summed E-state index contributed by atoms with van der Waals surface area (Å²) in [5, 5.41) is 0. The standard InChI is InChI=1S/C16H19N3O/c1-20-14-10-6-5-8-12(14)16-18-13-9-4-2-3-7-11(13)15(17)19-16/h5-6,8,10H,2-4,7,9H2,1H3,(H2,17,18,19). The van der Waals surface area contributed by atoms with Gasteiger partial charge in [-0.1, -0.05) is 18.6 Å². The third kappa shape index (κ3) is 2.33. The Morgan fingerprint density at radius 1 is 1.05 bits per heavy atom. The molecule has 0 aliphatic heterocycles. The Morgan fingerprint density at radius 3 is 2.70 bits per heavy atom. The van der Waals surface area contributed by atoms with Gasteiger partial charge in [0.25, 0.3) is 0 Å². The van der Waals surface area contributed by atoms with Crippen molar-refractivity contribution in [3.05, 3.63) is 35.5 Å². The molecule has 2 N–H and O–H groups in total. The minimum Gasteiger partial charge on any atom is -0.496 e. The molecule has 0 spiro atoms. The topological polar surface area (TPSA) is 61.0 Å². The molecule has 1 aliphatic rings. The number of aryl methyl sites for hydroxylation is 1. The molecule has 1 aromatic carbocycles. The van der Waals surface area contributed by atoms with Gasteiger partial charge < -0.3 is 10.5 Å². The van der Waals surface area contributed by atoms with Crippen LogP contribution in [0.1, 0.15) is 30.5 Å². The summed E-state index contributed by atoms with van der Waals surface area (Å²) in [5.74, 6) is 2.07. The quantitative estimate of drug-likeness (QED) is 0.851. The summed E-state index contributed by atoms with van der Waals surface area (Å²) in [5.41, 5.74) is 9.29. The number of para-hydroxylation sites is 1. The first-order valence-corrected chi connectivity index (χ1v) is 7.08. The van der Waals surface area contributed by atoms with E-state index in [4.69, 9.17) is 15.5 Å². The Morgan fingerprint density at radius 2 is 1.85 bits per heavy atom. The predicted molar refractivity (Wildman–Crippen MR) is 79.7 cm³/mol. The number of nitrogens with zero attached hydrogens (tertiary/aromatic N) is 2. The van der Waals surface area contributed by atoms with Gasteiger partial charge in [-0.05, 0) is 37.8 Å². The lowest BCUT2D eigenvalue weighted by Crippen LogP contribution is -2.07. The highest BCUT2D eigenvalue weighted by Crippen LogP contribution is 2.30. The van der Waals surface area contributed by atoms with E-state index in [1.54, 1.807) is 7.11 Å². The highest BCUT2D eigenvalue weighted by molar-refractivity contribution is 5.66. The summed E-state index contributed by atoms with van der Waals surface area (Å²) in [6, 6.07) is 7.79. The molecule has 20 heavy (non-hydrogen) atoms. The van der Waals surface area contributed by atoms with Crippen LogP contribution in [0, 0.1) is 0 Å². The van der Waals surface area contributed by atoms with Crippen LogP contribution in [-0.2, 0) is 12.8 Å². The number of benzene rings is 1. The zero-order chi connectivity index (χ0) is 13.9. The number of ether oxygens (including phenoxy) is 1. The van der Waals surface area contributed by atoms with Crippen LogP contribution in [-0.4, -0.2) is 17.1 Å². The molecule has 0 amide bonds. The Balaban J connectivity index is 2.11. The van der Waals surface area contributed by atoms with Gasteiger partial charge in [-0.25, -0.2) is 9.97 Å². The number of aromatic nitrogens is 2. The van der Waals surface area contributed by atoms with Crippen molar-refractivity contribution in [1.82, 2.24) is 9.97 Å². The first-order valence-electron chi connectivity index (χ1n) is 7.08. The molecule has 1 heterocycles. The van der Waals surface area contributed by atoms with E-state index in [2.05, 4.69) is 4.98 Å². The molecule has 104 valence electrons. The van der Waals surface area contributed by atoms with Gasteiger partial charge in [-0.2, -0.15) is 0 Å². The normalized spacial score (nSPS) is 14.4. The van der Waals surface area contributed by atoms with Crippen molar-refractivity contribution in [3.63, 3.8) is 0 Å². The van der Waals surface area contributed by atoms with Gasteiger partial charge in [-0.15, -0.1) is 0 Å². The van der Waals surface area contributed by atoms with Crippen LogP contribution in [0.4, 0.5) is 5.82 Å². The maximum absolute atomic E-state index is 6.15. The lowest BCUT2D eigenvalue weighted by Gasteiger charge is -2.12. The summed E-state index contributed by atoms with van der Waals surface area (Å²) < 4.78 is 5.39. The molecule has 3 rings (SSSR count). The average molecular weight is 269 g/mol. The SMILES string of the molecule is COc1ccccc1-c1nc(N)c2c(n1)CCCCC2. The maximum atomic E-state index is 6.15. The summed E-state index contributed by atoms with van der Waals surface area (Å²) in [6.45, 7) is 0. The number of hydrogen-bond acceptors (Lipinski definition) is 4. The molecular formula is C16H19N3O. The molecule has 0 atom stereocenters. The van der Waals surface area contributed by atoms with E-state index in [9.17, 15) is 0 Å². The van der Waals surface area contributed by atoms with Gasteiger partial charge in [0.15, 0.2) is 5.82 Å². The highest BCUT2D eigenvalue weighted by atomic mass is 16.5. The smallest absolute Gasteiger partial charge is 0.165 e. The van der Waals surface area contributed by atoms with E-state index in [0.29, 0.717) is 11.6 Å². The van der Waals surface area contributed by atoms with Crippen molar-refractivity contribution in [2.24, 2.45) is 0 Å². The second-order valence-electron chi connectivity index (χ2n) is 5.12. The highest BCUT2D eigenvalue weighted by Gasteiger charge is 2.17. The van der Waals surface area contributed by atoms with Gasteiger partial charge in [-0.3, -0.25) is 0 Å². The number of nitrogens with two attached hydrogens (primary N) is 1. The molecule has 1 aliphatic carbocycles. The monoisotopic (exact) mass is 269 g/mol. The molecule has 0 radical (unpaired) electrons. The number of methoxy groups -OCH3 is 1. The van der Waals surface area contributed by atoms with Gasteiger partial charge in [0.1, 0.15) is 11.6 Å². The van der Waals surface area contributed by atoms with E-state index in [-0.39, 0.29) is 0 Å². The zero-order valence-electron chi connectivity index (χ0n) is 11.7. The Kier molecular flexibility index (Phi) is 3.54. The number of nitrogen functional groups attached to an aromatic ring is 1. The van der Waals surface area contributed by atoms with Crippen LogP contribution in [0.5, 0.6) is 5.75 Å². The fraction of sp³-hybridized carbons (Fsp3) is 0.375. The van der Waals surface area contributed by atoms with E-state index in [1.807, 2.05) is 24.3 Å². The van der Waals surface area contributed by atoms with Crippen molar-refractivity contribution in [3.8, 4) is 17.1 Å². The lowest BCUT2D eigenvalue weighted by atomic mass is 10.1. The van der Waals surface area contributed by atoms with Gasteiger partial charge >= 0.3 is 0 Å². The van der Waals surface area contributed by atoms with E-state index < -0.39 is 0 Å². The van der Waals surface area contributed by atoms with Crippen LogP contribution in [0.2, 0.25) is 0 Å². The minimum absolute atomic E-state index is 0.623. The Labute approximate surface area is 119 Å². The third-order valence-corrected chi connectivity index (χ3v) is 3.81. The largest absolute Gasteiger partial charge is 0.496 e. The number of anilines is 1. The van der Waals surface area contributed by atoms with Crippen molar-refractivity contribution in [2.45, 2.75) is 32.1 Å². The second-order valence-corrected chi connectivity index (χ2v) is 5.12. The van der Waals surface area contributed by atoms with Crippen LogP contribution >= 0.6 is 0 Å². The fourth-order valence-corrected chi connectivity index (χ4v) is 2.75. The average Bonchev–Trinajstić information content (AvgIpc) is 2.73. The fourth-order valence-electron chi connectivity index (χ4n) is 2.75. The van der Waals surface area contributed by atoms with Crippen molar-refractivity contribution < 1.29 is 4.74 Å². The molecule has 4 nitrogen and oxygen atoms in total. The number of hydrogen-bond donors (Lipinski definition) is 1. The van der Waals surface area contributed by atoms with Gasteiger partial charge in [0, 0.05) is 11.3 Å². The summed E-state index contributed by atoms with van der Waals surface area (Å²) in [4.78, 5) is 9.24. The predicted octanol–water partition coefficient (Wildman–Crippen LogP) is 3.00. The first-order chi connectivity index (χ1) is 9.79. The van der Waals surface area contributed by atoms with Crippen LogP contribution < -0.4 is 10.5 Å².